The van der Waals surface area contributed by atoms with Crippen LogP contribution in [0.5, 0.6) is 5.75 Å². The van der Waals surface area contributed by atoms with Crippen molar-refractivity contribution in [1.29, 1.82) is 0 Å². The van der Waals surface area contributed by atoms with E-state index in [1.807, 2.05) is 6.92 Å². The number of aromatic nitrogens is 1. The Balaban J connectivity index is 2.21. The number of aryl methyl sites for hydroxylation is 2. The number of nitrogens with one attached hydrogen (secondary N) is 1. The number of hydrogen-bond acceptors (Lipinski definition) is 4. The van der Waals surface area contributed by atoms with Gasteiger partial charge in [-0.1, -0.05) is 11.2 Å². The molecule has 88 valence electrons. The van der Waals surface area contributed by atoms with E-state index in [-0.39, 0.29) is 17.4 Å². The number of nitrogens with zero attached hydrogens (tertiary/aromatic N) is 1. The van der Waals surface area contributed by atoms with Gasteiger partial charge in [-0.3, -0.25) is 4.79 Å². The highest BCUT2D eigenvalue weighted by Gasteiger charge is 2.12. The van der Waals surface area contributed by atoms with Crippen LogP contribution in [0.15, 0.2) is 28.8 Å². The molecule has 2 N–H and O–H groups in total. The molecule has 0 aliphatic carbocycles. The third-order valence-electron chi connectivity index (χ3n) is 2.33. The lowest BCUT2D eigenvalue weighted by Crippen LogP contribution is -2.12. The van der Waals surface area contributed by atoms with Crippen molar-refractivity contribution in [3.63, 3.8) is 0 Å². The third kappa shape index (κ3) is 2.44. The summed E-state index contributed by atoms with van der Waals surface area (Å²) >= 11 is 0. The van der Waals surface area contributed by atoms with E-state index >= 15 is 0 Å². The van der Waals surface area contributed by atoms with E-state index in [0.717, 1.165) is 5.56 Å². The molecule has 5 nitrogen and oxygen atoms in total. The molecule has 0 aliphatic heterocycles. The Morgan fingerprint density at radius 3 is 2.76 bits per heavy atom. The lowest BCUT2D eigenvalue weighted by Gasteiger charge is -2.06. The summed E-state index contributed by atoms with van der Waals surface area (Å²) in [6.07, 6.45) is 0. The molecule has 0 unspecified atom stereocenters. The highest BCUT2D eigenvalue weighted by molar-refractivity contribution is 6.03. The molecule has 1 heterocycles. The number of aromatic hydroxyl groups is 1. The van der Waals surface area contributed by atoms with Gasteiger partial charge in [0.2, 0.25) is 0 Å². The summed E-state index contributed by atoms with van der Waals surface area (Å²) in [7, 11) is 0. The van der Waals surface area contributed by atoms with Crippen LogP contribution in [0.4, 0.5) is 5.69 Å². The van der Waals surface area contributed by atoms with E-state index in [0.29, 0.717) is 11.4 Å². The van der Waals surface area contributed by atoms with Gasteiger partial charge in [-0.05, 0) is 25.5 Å². The standard InChI is InChI=1S/C12H12N2O3/c1-7-3-4-9(15)6-10(7)13-12(16)11-5-8(2)17-14-11/h3-6,15H,1-2H3,(H,13,16). The van der Waals surface area contributed by atoms with Crippen LogP contribution < -0.4 is 5.32 Å². The second-order valence-corrected chi connectivity index (χ2v) is 3.78. The normalized spacial score (nSPS) is 10.2. The molecule has 0 aliphatic rings. The second kappa shape index (κ2) is 4.29. The molecule has 0 radical (unpaired) electrons. The number of carbonyl (C=O) groups excluding carboxylic acids is 1. The van der Waals surface area contributed by atoms with Crippen LogP contribution in [0.1, 0.15) is 21.8 Å². The second-order valence-electron chi connectivity index (χ2n) is 3.78. The van der Waals surface area contributed by atoms with Gasteiger partial charge < -0.3 is 14.9 Å². The van der Waals surface area contributed by atoms with Crippen LogP contribution in [0.2, 0.25) is 0 Å². The van der Waals surface area contributed by atoms with Crippen molar-refractivity contribution in [2.45, 2.75) is 13.8 Å². The summed E-state index contributed by atoms with van der Waals surface area (Å²) in [5.74, 6) is 0.306. The zero-order valence-electron chi connectivity index (χ0n) is 9.52. The molecular formula is C12H12N2O3. The quantitative estimate of drug-likeness (QED) is 0.832. The first kappa shape index (κ1) is 11.2. The summed E-state index contributed by atoms with van der Waals surface area (Å²) in [4.78, 5) is 11.8. The molecule has 1 aromatic carbocycles. The zero-order chi connectivity index (χ0) is 12.4. The van der Waals surface area contributed by atoms with Crippen molar-refractivity contribution in [2.75, 3.05) is 5.32 Å². The van der Waals surface area contributed by atoms with Gasteiger partial charge in [0.15, 0.2) is 5.69 Å². The Hall–Kier alpha value is -2.30. The van der Waals surface area contributed by atoms with E-state index in [1.54, 1.807) is 25.1 Å². The zero-order valence-corrected chi connectivity index (χ0v) is 9.52. The molecule has 0 bridgehead atoms. The highest BCUT2D eigenvalue weighted by atomic mass is 16.5. The number of rotatable bonds is 2. The molecule has 0 fully saturated rings. The molecule has 1 aromatic heterocycles. The first-order valence-corrected chi connectivity index (χ1v) is 5.10. The first-order chi connectivity index (χ1) is 8.06. The van der Waals surface area contributed by atoms with Gasteiger partial charge >= 0.3 is 0 Å². The Labute approximate surface area is 98.1 Å². The van der Waals surface area contributed by atoms with Crippen molar-refractivity contribution >= 4 is 11.6 Å². The van der Waals surface area contributed by atoms with Crippen molar-refractivity contribution in [1.82, 2.24) is 5.16 Å². The van der Waals surface area contributed by atoms with Gasteiger partial charge in [0.1, 0.15) is 11.5 Å². The SMILES string of the molecule is Cc1cc(C(=O)Nc2cc(O)ccc2C)no1. The third-order valence-corrected chi connectivity index (χ3v) is 2.33. The molecule has 2 rings (SSSR count). The Morgan fingerprint density at radius 1 is 1.35 bits per heavy atom. The molecule has 2 aromatic rings. The van der Waals surface area contributed by atoms with E-state index in [4.69, 9.17) is 4.52 Å². The monoisotopic (exact) mass is 232 g/mol. The van der Waals surface area contributed by atoms with Crippen molar-refractivity contribution in [3.8, 4) is 5.75 Å². The molecule has 0 saturated carbocycles. The van der Waals surface area contributed by atoms with Crippen molar-refractivity contribution < 1.29 is 14.4 Å². The summed E-state index contributed by atoms with van der Waals surface area (Å²) in [5, 5.41) is 15.6. The minimum absolute atomic E-state index is 0.0993. The number of carbonyl (C=O) groups is 1. The van der Waals surface area contributed by atoms with Crippen molar-refractivity contribution in [2.24, 2.45) is 0 Å². The van der Waals surface area contributed by atoms with Gasteiger partial charge in [-0.25, -0.2) is 0 Å². The molecule has 1 amide bonds. The summed E-state index contributed by atoms with van der Waals surface area (Å²) in [5.41, 5.74) is 1.62. The van der Waals surface area contributed by atoms with Gasteiger partial charge in [0.25, 0.3) is 5.91 Å². The average Bonchev–Trinajstić information content (AvgIpc) is 2.70. The number of hydrogen-bond donors (Lipinski definition) is 2. The molecule has 17 heavy (non-hydrogen) atoms. The van der Waals surface area contributed by atoms with E-state index in [9.17, 15) is 9.90 Å². The topological polar surface area (TPSA) is 75.4 Å². The maximum Gasteiger partial charge on any atom is 0.277 e. The predicted molar refractivity (Wildman–Crippen MR) is 62.0 cm³/mol. The summed E-state index contributed by atoms with van der Waals surface area (Å²) in [6.45, 7) is 3.55. The summed E-state index contributed by atoms with van der Waals surface area (Å²) < 4.78 is 4.82. The number of phenolic OH excluding ortho intramolecular Hbond substituents is 1. The lowest BCUT2D eigenvalue weighted by atomic mass is 10.2. The molecule has 0 saturated heterocycles. The smallest absolute Gasteiger partial charge is 0.277 e. The van der Waals surface area contributed by atoms with Crippen LogP contribution in [-0.2, 0) is 0 Å². The van der Waals surface area contributed by atoms with Gasteiger partial charge in [0.05, 0.1) is 0 Å². The van der Waals surface area contributed by atoms with Crippen LogP contribution in [0.3, 0.4) is 0 Å². The number of phenols is 1. The van der Waals surface area contributed by atoms with Crippen LogP contribution in [-0.4, -0.2) is 16.2 Å². The first-order valence-electron chi connectivity index (χ1n) is 5.10. The largest absolute Gasteiger partial charge is 0.508 e. The fourth-order valence-electron chi connectivity index (χ4n) is 1.40. The number of anilines is 1. The summed E-state index contributed by atoms with van der Waals surface area (Å²) in [6, 6.07) is 6.32. The van der Waals surface area contributed by atoms with Crippen LogP contribution in [0, 0.1) is 13.8 Å². The Bertz CT molecular complexity index is 561. The average molecular weight is 232 g/mol. The predicted octanol–water partition coefficient (Wildman–Crippen LogP) is 2.25. The van der Waals surface area contributed by atoms with E-state index in [2.05, 4.69) is 10.5 Å². The number of benzene rings is 1. The molecular weight excluding hydrogens is 220 g/mol. The Kier molecular flexibility index (Phi) is 2.82. The van der Waals surface area contributed by atoms with Gasteiger partial charge in [-0.15, -0.1) is 0 Å². The maximum atomic E-state index is 11.8. The molecule has 0 atom stereocenters. The Morgan fingerprint density at radius 2 is 2.12 bits per heavy atom. The molecule has 5 heteroatoms. The fraction of sp³-hybridized carbons (Fsp3) is 0.167. The van der Waals surface area contributed by atoms with Crippen molar-refractivity contribution in [3.05, 3.63) is 41.3 Å². The molecule has 0 spiro atoms. The fourth-order valence-corrected chi connectivity index (χ4v) is 1.40. The van der Waals surface area contributed by atoms with E-state index in [1.165, 1.54) is 6.07 Å². The van der Waals surface area contributed by atoms with E-state index < -0.39 is 0 Å². The lowest BCUT2D eigenvalue weighted by molar-refractivity contribution is 0.101. The highest BCUT2D eigenvalue weighted by Crippen LogP contribution is 2.21. The number of amides is 1. The van der Waals surface area contributed by atoms with Gasteiger partial charge in [0, 0.05) is 17.8 Å². The van der Waals surface area contributed by atoms with Crippen LogP contribution in [0.25, 0.3) is 0 Å². The maximum absolute atomic E-state index is 11.8. The van der Waals surface area contributed by atoms with Gasteiger partial charge in [-0.2, -0.15) is 0 Å². The minimum atomic E-state index is -0.365. The van der Waals surface area contributed by atoms with Crippen LogP contribution >= 0.6 is 0 Å². The minimum Gasteiger partial charge on any atom is -0.508 e.